The smallest absolute Gasteiger partial charge is 0.310 e. The van der Waals surface area contributed by atoms with Crippen LogP contribution in [0.2, 0.25) is 5.02 Å². The Bertz CT molecular complexity index is 939. The molecule has 0 unspecified atom stereocenters. The Balaban J connectivity index is 1.60. The highest BCUT2D eigenvalue weighted by atomic mass is 35.5. The topological polar surface area (TPSA) is 79.3 Å². The van der Waals surface area contributed by atoms with Crippen molar-refractivity contribution >= 4 is 17.6 Å². The highest BCUT2D eigenvalue weighted by Crippen LogP contribution is 2.27. The molecule has 2 atom stereocenters. The van der Waals surface area contributed by atoms with Crippen molar-refractivity contribution < 1.29 is 13.9 Å². The summed E-state index contributed by atoms with van der Waals surface area (Å²) >= 11 is 5.99. The number of ether oxygens (including phenoxy) is 1. The minimum atomic E-state index is -0.325. The monoisotopic (exact) mass is 443 g/mol. The van der Waals surface area contributed by atoms with E-state index >= 15 is 0 Å². The van der Waals surface area contributed by atoms with Crippen LogP contribution in [0.4, 0.5) is 4.39 Å². The molecule has 1 fully saturated rings. The molecule has 2 aromatic rings. The number of nitrogens with zero attached hydrogens (tertiary/aromatic N) is 2. The molecule has 1 aliphatic heterocycles. The molecular weight excluding hydrogens is 417 g/mol. The SMILES string of the molecule is CCOC(=O)[C@@H](C[C@H](N)Cc1ccc(-c2cc(Cl)ccc2F)cc1)CN1CC(C#N)C1. The van der Waals surface area contributed by atoms with Crippen LogP contribution in [0, 0.1) is 29.0 Å². The Labute approximate surface area is 187 Å². The lowest BCUT2D eigenvalue weighted by Gasteiger charge is -2.37. The van der Waals surface area contributed by atoms with E-state index in [0.29, 0.717) is 49.7 Å². The van der Waals surface area contributed by atoms with Crippen LogP contribution in [0.25, 0.3) is 11.1 Å². The number of rotatable bonds is 9. The first-order valence-electron chi connectivity index (χ1n) is 10.5. The van der Waals surface area contributed by atoms with E-state index in [0.717, 1.165) is 11.1 Å². The molecule has 164 valence electrons. The average Bonchev–Trinajstić information content (AvgIpc) is 2.72. The minimum Gasteiger partial charge on any atom is -0.466 e. The lowest BCUT2D eigenvalue weighted by Crippen LogP contribution is -2.49. The van der Waals surface area contributed by atoms with Crippen molar-refractivity contribution in [3.63, 3.8) is 0 Å². The molecule has 0 amide bonds. The van der Waals surface area contributed by atoms with Gasteiger partial charge in [-0.3, -0.25) is 9.69 Å². The Morgan fingerprint density at radius 2 is 2.03 bits per heavy atom. The van der Waals surface area contributed by atoms with E-state index in [2.05, 4.69) is 11.0 Å². The van der Waals surface area contributed by atoms with Crippen LogP contribution in [0.5, 0.6) is 0 Å². The summed E-state index contributed by atoms with van der Waals surface area (Å²) in [5.41, 5.74) is 8.57. The van der Waals surface area contributed by atoms with E-state index in [4.69, 9.17) is 27.3 Å². The number of hydrogen-bond acceptors (Lipinski definition) is 5. The fourth-order valence-electron chi connectivity index (χ4n) is 3.91. The van der Waals surface area contributed by atoms with Gasteiger partial charge < -0.3 is 10.5 Å². The van der Waals surface area contributed by atoms with Crippen molar-refractivity contribution in [3.8, 4) is 17.2 Å². The van der Waals surface area contributed by atoms with Crippen LogP contribution in [0.15, 0.2) is 42.5 Å². The van der Waals surface area contributed by atoms with Crippen molar-refractivity contribution in [1.29, 1.82) is 5.26 Å². The van der Waals surface area contributed by atoms with E-state index in [9.17, 15) is 9.18 Å². The maximum atomic E-state index is 14.1. The zero-order chi connectivity index (χ0) is 22.4. The van der Waals surface area contributed by atoms with Crippen LogP contribution in [-0.4, -0.2) is 43.2 Å². The van der Waals surface area contributed by atoms with Gasteiger partial charge >= 0.3 is 5.97 Å². The number of halogens is 2. The molecule has 3 rings (SSSR count). The van der Waals surface area contributed by atoms with E-state index < -0.39 is 0 Å². The summed E-state index contributed by atoms with van der Waals surface area (Å²) in [6.07, 6.45) is 1.09. The van der Waals surface area contributed by atoms with Crippen LogP contribution in [-0.2, 0) is 16.0 Å². The number of carbonyl (C=O) groups excluding carboxylic acids is 1. The number of esters is 1. The van der Waals surface area contributed by atoms with E-state index in [1.165, 1.54) is 12.1 Å². The fraction of sp³-hybridized carbons (Fsp3) is 0.417. The normalized spacial score (nSPS) is 16.2. The standard InChI is InChI=1S/C24H27ClFN3O2/c1-2-31-24(30)19(15-29-13-17(12-27)14-29)10-21(28)9-16-3-5-18(6-4-16)22-11-20(25)7-8-23(22)26/h3-8,11,17,19,21H,2,9-10,13-15,28H2,1H3/t19-,21+/m0/s1. The molecule has 1 heterocycles. The summed E-state index contributed by atoms with van der Waals surface area (Å²) < 4.78 is 19.3. The van der Waals surface area contributed by atoms with Gasteiger partial charge in [-0.05, 0) is 49.1 Å². The second-order valence-corrected chi connectivity index (χ2v) is 8.45. The van der Waals surface area contributed by atoms with Gasteiger partial charge in [-0.1, -0.05) is 35.9 Å². The molecular formula is C24H27ClFN3O2. The van der Waals surface area contributed by atoms with Gasteiger partial charge in [0.25, 0.3) is 0 Å². The van der Waals surface area contributed by atoms with E-state index in [-0.39, 0.29) is 29.7 Å². The Hall–Kier alpha value is -2.46. The maximum absolute atomic E-state index is 14.1. The third-order valence-electron chi connectivity index (χ3n) is 5.52. The van der Waals surface area contributed by atoms with Gasteiger partial charge in [0.1, 0.15) is 5.82 Å². The average molecular weight is 444 g/mol. The summed E-state index contributed by atoms with van der Waals surface area (Å²) in [5.74, 6) is -0.852. The number of nitrogens with two attached hydrogens (primary N) is 1. The maximum Gasteiger partial charge on any atom is 0.310 e. The summed E-state index contributed by atoms with van der Waals surface area (Å²) in [4.78, 5) is 14.5. The summed E-state index contributed by atoms with van der Waals surface area (Å²) in [5, 5.41) is 9.43. The second-order valence-electron chi connectivity index (χ2n) is 8.01. The molecule has 1 saturated heterocycles. The molecule has 0 bridgehead atoms. The van der Waals surface area contributed by atoms with Gasteiger partial charge in [-0.15, -0.1) is 0 Å². The van der Waals surface area contributed by atoms with Crippen molar-refractivity contribution in [1.82, 2.24) is 4.90 Å². The molecule has 0 saturated carbocycles. The predicted octanol–water partition coefficient (Wildman–Crippen LogP) is 4.04. The summed E-state index contributed by atoms with van der Waals surface area (Å²) in [6.45, 7) is 4.03. The lowest BCUT2D eigenvalue weighted by atomic mass is 9.92. The van der Waals surface area contributed by atoms with Crippen molar-refractivity contribution in [2.75, 3.05) is 26.2 Å². The number of likely N-dealkylation sites (tertiary alicyclic amines) is 1. The molecule has 0 spiro atoms. The molecule has 0 aromatic heterocycles. The quantitative estimate of drug-likeness (QED) is 0.591. The highest BCUT2D eigenvalue weighted by molar-refractivity contribution is 6.30. The van der Waals surface area contributed by atoms with E-state index in [1.807, 2.05) is 24.3 Å². The highest BCUT2D eigenvalue weighted by Gasteiger charge is 2.32. The lowest BCUT2D eigenvalue weighted by molar-refractivity contribution is -0.149. The number of benzene rings is 2. The number of nitriles is 1. The summed E-state index contributed by atoms with van der Waals surface area (Å²) in [7, 11) is 0. The minimum absolute atomic E-state index is 0.0411. The largest absolute Gasteiger partial charge is 0.466 e. The van der Waals surface area contributed by atoms with Gasteiger partial charge in [0.2, 0.25) is 0 Å². The van der Waals surface area contributed by atoms with Crippen LogP contribution >= 0.6 is 11.6 Å². The predicted molar refractivity (Wildman–Crippen MR) is 119 cm³/mol. The van der Waals surface area contributed by atoms with Gasteiger partial charge in [0.15, 0.2) is 0 Å². The van der Waals surface area contributed by atoms with Crippen molar-refractivity contribution in [3.05, 3.63) is 58.9 Å². The van der Waals surface area contributed by atoms with Crippen LogP contribution in [0.3, 0.4) is 0 Å². The molecule has 1 aliphatic rings. The first kappa shape index (κ1) is 23.2. The molecule has 0 aliphatic carbocycles. The fourth-order valence-corrected chi connectivity index (χ4v) is 4.08. The van der Waals surface area contributed by atoms with E-state index in [1.54, 1.807) is 13.0 Å². The van der Waals surface area contributed by atoms with Crippen molar-refractivity contribution in [2.24, 2.45) is 17.6 Å². The number of hydrogen-bond donors (Lipinski definition) is 1. The Morgan fingerprint density at radius 3 is 2.68 bits per heavy atom. The number of carbonyl (C=O) groups is 1. The van der Waals surface area contributed by atoms with Crippen LogP contribution in [0.1, 0.15) is 18.9 Å². The van der Waals surface area contributed by atoms with Gasteiger partial charge in [0, 0.05) is 36.3 Å². The zero-order valence-electron chi connectivity index (χ0n) is 17.6. The molecule has 2 N–H and O–H groups in total. The van der Waals surface area contributed by atoms with Gasteiger partial charge in [-0.2, -0.15) is 5.26 Å². The van der Waals surface area contributed by atoms with Gasteiger partial charge in [0.05, 0.1) is 24.5 Å². The zero-order valence-corrected chi connectivity index (χ0v) is 18.3. The summed E-state index contributed by atoms with van der Waals surface area (Å²) in [6, 6.07) is 14.0. The molecule has 31 heavy (non-hydrogen) atoms. The van der Waals surface area contributed by atoms with Crippen LogP contribution < -0.4 is 5.73 Å². The molecule has 2 aromatic carbocycles. The Kier molecular flexibility index (Phi) is 8.03. The van der Waals surface area contributed by atoms with Gasteiger partial charge in [-0.25, -0.2) is 4.39 Å². The first-order chi connectivity index (χ1) is 14.9. The molecule has 5 nitrogen and oxygen atoms in total. The third-order valence-corrected chi connectivity index (χ3v) is 5.75. The molecule has 7 heteroatoms. The molecule has 0 radical (unpaired) electrons. The van der Waals surface area contributed by atoms with Crippen molar-refractivity contribution in [2.45, 2.75) is 25.8 Å². The Morgan fingerprint density at radius 1 is 1.32 bits per heavy atom. The second kappa shape index (κ2) is 10.7. The third kappa shape index (κ3) is 6.27. The first-order valence-corrected chi connectivity index (χ1v) is 10.9.